The van der Waals surface area contributed by atoms with Crippen LogP contribution in [0.3, 0.4) is 0 Å². The van der Waals surface area contributed by atoms with Gasteiger partial charge in [-0.15, -0.1) is 0 Å². The number of rotatable bonds is 7. The van der Waals surface area contributed by atoms with Crippen LogP contribution in [0.4, 0.5) is 17.1 Å². The molecule has 2 N–H and O–H groups in total. The van der Waals surface area contributed by atoms with Crippen LogP contribution in [-0.2, 0) is 0 Å². The Bertz CT molecular complexity index is 863. The van der Waals surface area contributed by atoms with Gasteiger partial charge in [0.1, 0.15) is 5.69 Å². The van der Waals surface area contributed by atoms with Crippen molar-refractivity contribution in [2.75, 3.05) is 30.8 Å². The lowest BCUT2D eigenvalue weighted by atomic mass is 10.1. The summed E-state index contributed by atoms with van der Waals surface area (Å²) in [5.74, 6) is -0.613. The number of amides is 2. The average molecular weight is 370 g/mol. The molecule has 0 spiro atoms. The zero-order chi connectivity index (χ0) is 20.0. The lowest BCUT2D eigenvalue weighted by Gasteiger charge is -2.19. The minimum atomic E-state index is -0.550. The van der Waals surface area contributed by atoms with Gasteiger partial charge in [0.25, 0.3) is 17.5 Å². The number of nitrogens with zero attached hydrogens (tertiary/aromatic N) is 2. The second kappa shape index (κ2) is 8.79. The first-order valence-corrected chi connectivity index (χ1v) is 8.58. The summed E-state index contributed by atoms with van der Waals surface area (Å²) >= 11 is 0. The van der Waals surface area contributed by atoms with Crippen LogP contribution < -0.4 is 10.6 Å². The predicted octanol–water partition coefficient (Wildman–Crippen LogP) is 3.37. The standard InChI is InChI=1S/C19H22N4O4/c1-4-22(5-2)19(25)14-7-6-8-15(11-14)21-18(24)13-9-10-16(20-3)17(12-13)23(26)27/h6-12,20H,4-5H2,1-3H3,(H,21,24). The normalized spacial score (nSPS) is 10.2. The molecule has 27 heavy (non-hydrogen) atoms. The van der Waals surface area contributed by atoms with E-state index in [-0.39, 0.29) is 17.2 Å². The molecule has 0 aliphatic carbocycles. The van der Waals surface area contributed by atoms with Crippen LogP contribution in [0.5, 0.6) is 0 Å². The summed E-state index contributed by atoms with van der Waals surface area (Å²) in [7, 11) is 1.57. The third-order valence-electron chi connectivity index (χ3n) is 4.14. The van der Waals surface area contributed by atoms with E-state index in [1.165, 1.54) is 18.2 Å². The summed E-state index contributed by atoms with van der Waals surface area (Å²) in [6.07, 6.45) is 0. The quantitative estimate of drug-likeness (QED) is 0.574. The molecule has 0 saturated carbocycles. The summed E-state index contributed by atoms with van der Waals surface area (Å²) < 4.78 is 0. The van der Waals surface area contributed by atoms with E-state index in [4.69, 9.17) is 0 Å². The zero-order valence-corrected chi connectivity index (χ0v) is 15.5. The third kappa shape index (κ3) is 4.60. The van der Waals surface area contributed by atoms with Crippen molar-refractivity contribution in [2.45, 2.75) is 13.8 Å². The fraction of sp³-hybridized carbons (Fsp3) is 0.263. The first-order chi connectivity index (χ1) is 12.9. The Morgan fingerprint density at radius 2 is 1.78 bits per heavy atom. The minimum Gasteiger partial charge on any atom is -0.383 e. The minimum absolute atomic E-state index is 0.120. The van der Waals surface area contributed by atoms with Crippen molar-refractivity contribution in [3.05, 3.63) is 63.7 Å². The van der Waals surface area contributed by atoms with Crippen LogP contribution in [0.1, 0.15) is 34.6 Å². The molecular formula is C19H22N4O4. The molecule has 0 aliphatic heterocycles. The van der Waals surface area contributed by atoms with Crippen LogP contribution in [0.25, 0.3) is 0 Å². The van der Waals surface area contributed by atoms with E-state index in [0.29, 0.717) is 30.0 Å². The summed E-state index contributed by atoms with van der Waals surface area (Å²) in [5, 5.41) is 16.5. The first kappa shape index (κ1) is 19.9. The molecule has 0 aromatic heterocycles. The van der Waals surface area contributed by atoms with Gasteiger partial charge >= 0.3 is 0 Å². The van der Waals surface area contributed by atoms with Crippen LogP contribution in [0, 0.1) is 10.1 Å². The van der Waals surface area contributed by atoms with E-state index in [1.54, 1.807) is 36.2 Å². The summed E-state index contributed by atoms with van der Waals surface area (Å²) in [4.78, 5) is 37.2. The Kier molecular flexibility index (Phi) is 6.48. The molecule has 0 aliphatic rings. The van der Waals surface area contributed by atoms with Gasteiger partial charge in [0.15, 0.2) is 0 Å². The molecule has 8 nitrogen and oxygen atoms in total. The van der Waals surface area contributed by atoms with Gasteiger partial charge in [-0.05, 0) is 44.2 Å². The molecule has 142 valence electrons. The smallest absolute Gasteiger partial charge is 0.293 e. The van der Waals surface area contributed by atoms with E-state index in [2.05, 4.69) is 10.6 Å². The van der Waals surface area contributed by atoms with Gasteiger partial charge in [-0.1, -0.05) is 6.07 Å². The van der Waals surface area contributed by atoms with Crippen LogP contribution in [0.15, 0.2) is 42.5 Å². The molecule has 8 heteroatoms. The number of hydrogen-bond acceptors (Lipinski definition) is 5. The molecular weight excluding hydrogens is 348 g/mol. The number of hydrogen-bond donors (Lipinski definition) is 2. The van der Waals surface area contributed by atoms with Crippen molar-refractivity contribution in [3.8, 4) is 0 Å². The summed E-state index contributed by atoms with van der Waals surface area (Å²) in [6, 6.07) is 10.8. The lowest BCUT2D eigenvalue weighted by molar-refractivity contribution is -0.384. The maximum Gasteiger partial charge on any atom is 0.293 e. The fourth-order valence-electron chi connectivity index (χ4n) is 2.66. The number of nitro groups is 1. The number of nitrogens with one attached hydrogen (secondary N) is 2. The van der Waals surface area contributed by atoms with Gasteiger partial charge in [0.2, 0.25) is 0 Å². The van der Waals surface area contributed by atoms with Gasteiger partial charge in [-0.2, -0.15) is 0 Å². The summed E-state index contributed by atoms with van der Waals surface area (Å²) in [5.41, 5.74) is 1.20. The van der Waals surface area contributed by atoms with E-state index in [1.807, 2.05) is 13.8 Å². The summed E-state index contributed by atoms with van der Waals surface area (Å²) in [6.45, 7) is 4.98. The monoisotopic (exact) mass is 370 g/mol. The maximum absolute atomic E-state index is 12.5. The molecule has 0 bridgehead atoms. The van der Waals surface area contributed by atoms with E-state index >= 15 is 0 Å². The highest BCUT2D eigenvalue weighted by Crippen LogP contribution is 2.25. The molecule has 0 unspecified atom stereocenters. The van der Waals surface area contributed by atoms with Crippen molar-refractivity contribution >= 4 is 28.9 Å². The fourth-order valence-corrected chi connectivity index (χ4v) is 2.66. The molecule has 0 atom stereocenters. The van der Waals surface area contributed by atoms with Gasteiger partial charge in [0, 0.05) is 43.0 Å². The van der Waals surface area contributed by atoms with Crippen molar-refractivity contribution in [3.63, 3.8) is 0 Å². The third-order valence-corrected chi connectivity index (χ3v) is 4.14. The SMILES string of the molecule is CCN(CC)C(=O)c1cccc(NC(=O)c2ccc(NC)c([N+](=O)[O-])c2)c1. The van der Waals surface area contributed by atoms with Crippen LogP contribution in [-0.4, -0.2) is 41.8 Å². The Morgan fingerprint density at radius 3 is 2.37 bits per heavy atom. The topological polar surface area (TPSA) is 105 Å². The molecule has 0 heterocycles. The molecule has 0 saturated heterocycles. The van der Waals surface area contributed by atoms with Gasteiger partial charge in [0.05, 0.1) is 4.92 Å². The second-order valence-electron chi connectivity index (χ2n) is 5.75. The van der Waals surface area contributed by atoms with Crippen LogP contribution >= 0.6 is 0 Å². The van der Waals surface area contributed by atoms with Crippen molar-refractivity contribution in [2.24, 2.45) is 0 Å². The Balaban J connectivity index is 2.24. The molecule has 2 aromatic rings. The highest BCUT2D eigenvalue weighted by atomic mass is 16.6. The molecule has 0 radical (unpaired) electrons. The molecule has 2 amide bonds. The van der Waals surface area contributed by atoms with Gasteiger partial charge < -0.3 is 15.5 Å². The Morgan fingerprint density at radius 1 is 1.07 bits per heavy atom. The number of nitro benzene ring substituents is 1. The maximum atomic E-state index is 12.5. The zero-order valence-electron chi connectivity index (χ0n) is 15.5. The number of anilines is 2. The van der Waals surface area contributed by atoms with Crippen molar-refractivity contribution in [1.82, 2.24) is 4.90 Å². The van der Waals surface area contributed by atoms with E-state index in [9.17, 15) is 19.7 Å². The lowest BCUT2D eigenvalue weighted by Crippen LogP contribution is -2.30. The van der Waals surface area contributed by atoms with Crippen molar-refractivity contribution in [1.29, 1.82) is 0 Å². The van der Waals surface area contributed by atoms with E-state index < -0.39 is 10.8 Å². The second-order valence-corrected chi connectivity index (χ2v) is 5.75. The highest BCUT2D eigenvalue weighted by Gasteiger charge is 2.18. The highest BCUT2D eigenvalue weighted by molar-refractivity contribution is 6.06. The van der Waals surface area contributed by atoms with Crippen LogP contribution in [0.2, 0.25) is 0 Å². The molecule has 2 aromatic carbocycles. The molecule has 2 rings (SSSR count). The average Bonchev–Trinajstić information content (AvgIpc) is 2.68. The number of carbonyl (C=O) groups is 2. The van der Waals surface area contributed by atoms with E-state index in [0.717, 1.165) is 0 Å². The number of benzene rings is 2. The van der Waals surface area contributed by atoms with Gasteiger partial charge in [-0.3, -0.25) is 19.7 Å². The molecule has 0 fully saturated rings. The van der Waals surface area contributed by atoms with Gasteiger partial charge in [-0.25, -0.2) is 0 Å². The Hall–Kier alpha value is -3.42. The number of carbonyl (C=O) groups excluding carboxylic acids is 2. The predicted molar refractivity (Wildman–Crippen MR) is 104 cm³/mol. The first-order valence-electron chi connectivity index (χ1n) is 8.58. The van der Waals surface area contributed by atoms with Crippen molar-refractivity contribution < 1.29 is 14.5 Å². The Labute approximate surface area is 157 Å². The largest absolute Gasteiger partial charge is 0.383 e.